The molecule has 0 bridgehead atoms. The Morgan fingerprint density at radius 1 is 1.22 bits per heavy atom. The van der Waals surface area contributed by atoms with Gasteiger partial charge in [-0.2, -0.15) is 0 Å². The third-order valence-corrected chi connectivity index (χ3v) is 9.00. The highest BCUT2D eigenvalue weighted by atomic mass is 32.2. The first-order chi connectivity index (χ1) is 17.7. The van der Waals surface area contributed by atoms with E-state index in [0.29, 0.717) is 52.6 Å². The van der Waals surface area contributed by atoms with E-state index in [1.807, 2.05) is 41.8 Å². The number of nitrogens with zero attached hydrogens (tertiary/aromatic N) is 3. The molecule has 1 aliphatic rings. The van der Waals surface area contributed by atoms with E-state index in [-0.39, 0.29) is 11.9 Å². The van der Waals surface area contributed by atoms with Crippen molar-refractivity contribution in [3.63, 3.8) is 0 Å². The van der Waals surface area contributed by atoms with E-state index in [4.69, 9.17) is 4.74 Å². The zero-order chi connectivity index (χ0) is 26.4. The summed E-state index contributed by atoms with van der Waals surface area (Å²) in [7, 11) is -1.61. The maximum absolute atomic E-state index is 13.0. The van der Waals surface area contributed by atoms with Gasteiger partial charge in [0.25, 0.3) is 11.1 Å². The molecule has 3 aromatic rings. The van der Waals surface area contributed by atoms with Crippen LogP contribution >= 0.6 is 34.4 Å². The van der Waals surface area contributed by atoms with Gasteiger partial charge < -0.3 is 15.0 Å². The lowest BCUT2D eigenvalue weighted by molar-refractivity contribution is 0.102. The molecule has 37 heavy (non-hydrogen) atoms. The summed E-state index contributed by atoms with van der Waals surface area (Å²) in [6.07, 6.45) is 2.55. The Morgan fingerprint density at radius 3 is 2.65 bits per heavy atom. The van der Waals surface area contributed by atoms with Gasteiger partial charge in [0, 0.05) is 43.3 Å². The van der Waals surface area contributed by atoms with Crippen LogP contribution in [0.25, 0.3) is 5.76 Å². The van der Waals surface area contributed by atoms with Crippen molar-refractivity contribution < 1.29 is 17.9 Å². The van der Waals surface area contributed by atoms with Crippen molar-refractivity contribution >= 4 is 72.7 Å². The molecule has 0 spiro atoms. The molecular formula is C24H27N5O4S4. The van der Waals surface area contributed by atoms with E-state index in [9.17, 15) is 13.2 Å². The van der Waals surface area contributed by atoms with Crippen molar-refractivity contribution in [1.82, 2.24) is 9.71 Å². The molecule has 0 aliphatic carbocycles. The zero-order valence-electron chi connectivity index (χ0n) is 20.3. The van der Waals surface area contributed by atoms with Crippen LogP contribution < -0.4 is 14.9 Å². The minimum atomic E-state index is -3.24. The number of sulfonamides is 1. The van der Waals surface area contributed by atoms with Crippen molar-refractivity contribution in [3.05, 3.63) is 64.3 Å². The summed E-state index contributed by atoms with van der Waals surface area (Å²) in [5, 5.41) is 7.01. The predicted molar refractivity (Wildman–Crippen MR) is 153 cm³/mol. The summed E-state index contributed by atoms with van der Waals surface area (Å²) in [6, 6.07) is 11.3. The molecular weight excluding hydrogens is 551 g/mol. The van der Waals surface area contributed by atoms with Crippen molar-refractivity contribution in [3.8, 4) is 0 Å². The largest absolute Gasteiger partial charge is 0.433 e. The highest BCUT2D eigenvalue weighted by molar-refractivity contribution is 8.14. The van der Waals surface area contributed by atoms with Crippen LogP contribution in [0.2, 0.25) is 0 Å². The van der Waals surface area contributed by atoms with Gasteiger partial charge in [0.15, 0.2) is 4.34 Å². The average molecular weight is 578 g/mol. The zero-order valence-corrected chi connectivity index (χ0v) is 23.6. The number of rotatable bonds is 8. The van der Waals surface area contributed by atoms with Crippen molar-refractivity contribution in [2.24, 2.45) is 4.99 Å². The van der Waals surface area contributed by atoms with Crippen LogP contribution in [0.3, 0.4) is 0 Å². The summed E-state index contributed by atoms with van der Waals surface area (Å²) < 4.78 is 32.2. The number of carbonyl (C=O) groups is 1. The number of amides is 1. The summed E-state index contributed by atoms with van der Waals surface area (Å²) >= 11 is 4.09. The number of ether oxygens (including phenoxy) is 1. The maximum atomic E-state index is 13.0. The fraction of sp³-hybridized carbons (Fsp3) is 0.292. The van der Waals surface area contributed by atoms with Gasteiger partial charge in [-0.25, -0.2) is 23.1 Å². The molecule has 0 saturated carbocycles. The lowest BCUT2D eigenvalue weighted by atomic mass is 10.0. The Bertz CT molecular complexity index is 1380. The summed E-state index contributed by atoms with van der Waals surface area (Å²) in [4.78, 5) is 24.7. The first kappa shape index (κ1) is 27.3. The normalized spacial score (nSPS) is 15.0. The van der Waals surface area contributed by atoms with E-state index < -0.39 is 10.0 Å². The van der Waals surface area contributed by atoms with Gasteiger partial charge in [-0.1, -0.05) is 24.8 Å². The van der Waals surface area contributed by atoms with E-state index >= 15 is 0 Å². The van der Waals surface area contributed by atoms with Crippen molar-refractivity contribution in [1.29, 1.82) is 0 Å². The van der Waals surface area contributed by atoms with Crippen LogP contribution in [-0.2, 0) is 14.8 Å². The molecule has 3 heterocycles. The lowest BCUT2D eigenvalue weighted by Crippen LogP contribution is -2.44. The molecule has 2 N–H and O–H groups in total. The van der Waals surface area contributed by atoms with Gasteiger partial charge >= 0.3 is 0 Å². The fourth-order valence-electron chi connectivity index (χ4n) is 3.77. The highest BCUT2D eigenvalue weighted by Gasteiger charge is 2.24. The minimum Gasteiger partial charge on any atom is -0.433 e. The number of aromatic nitrogens is 1. The average Bonchev–Trinajstić information content (AvgIpc) is 3.56. The molecule has 1 fully saturated rings. The second-order valence-corrected chi connectivity index (χ2v) is 13.0. The Kier molecular flexibility index (Phi) is 9.03. The number of aliphatic imine (C=N–C) groups is 1. The standard InChI is InChI=1S/C24H27N5O4S4/c1-16(21-9-6-14-34-21)33-23(25-2)36-24-27-19(15-35-24)22(30)26-18-7-4-5-8-20(18)29-12-10-17(11-13-29)28-37(3,31)32/h4-9,14-15,17,28H,1,10-13H2,2-3H3,(H,26,30). The number of benzene rings is 1. The highest BCUT2D eigenvalue weighted by Crippen LogP contribution is 2.31. The lowest BCUT2D eigenvalue weighted by Gasteiger charge is -2.34. The Labute approximate surface area is 228 Å². The topological polar surface area (TPSA) is 113 Å². The monoisotopic (exact) mass is 577 g/mol. The number of nitrogens with one attached hydrogen (secondary N) is 2. The molecule has 9 nitrogen and oxygen atoms in total. The van der Waals surface area contributed by atoms with Crippen LogP contribution in [0.1, 0.15) is 28.2 Å². The molecule has 0 atom stereocenters. The number of para-hydroxylation sites is 2. The number of hydrogen-bond donors (Lipinski definition) is 2. The Morgan fingerprint density at radius 2 is 1.97 bits per heavy atom. The molecule has 1 aromatic carbocycles. The fourth-order valence-corrected chi connectivity index (χ4v) is 6.85. The van der Waals surface area contributed by atoms with Gasteiger partial charge in [-0.15, -0.1) is 22.7 Å². The molecule has 1 amide bonds. The summed E-state index contributed by atoms with van der Waals surface area (Å²) in [5.74, 6) is 0.188. The van der Waals surface area contributed by atoms with E-state index in [1.165, 1.54) is 40.7 Å². The van der Waals surface area contributed by atoms with E-state index in [2.05, 4.69) is 31.5 Å². The van der Waals surface area contributed by atoms with Crippen molar-refractivity contribution in [2.45, 2.75) is 23.2 Å². The van der Waals surface area contributed by atoms with Gasteiger partial charge in [0.05, 0.1) is 22.5 Å². The maximum Gasteiger partial charge on any atom is 0.275 e. The smallest absolute Gasteiger partial charge is 0.275 e. The van der Waals surface area contributed by atoms with Crippen LogP contribution in [0.15, 0.2) is 63.1 Å². The number of hydrogen-bond acceptors (Lipinski definition) is 10. The van der Waals surface area contributed by atoms with Gasteiger partial charge in [-0.3, -0.25) is 4.79 Å². The predicted octanol–water partition coefficient (Wildman–Crippen LogP) is 4.74. The molecule has 0 unspecified atom stereocenters. The molecule has 196 valence electrons. The third-order valence-electron chi connectivity index (χ3n) is 5.45. The van der Waals surface area contributed by atoms with Crippen LogP contribution in [0.5, 0.6) is 0 Å². The van der Waals surface area contributed by atoms with E-state index in [1.54, 1.807) is 12.4 Å². The first-order valence-electron chi connectivity index (χ1n) is 11.4. The number of thiazole rings is 1. The molecule has 13 heteroatoms. The van der Waals surface area contributed by atoms with Gasteiger partial charge in [-0.05, 0) is 36.4 Å². The van der Waals surface area contributed by atoms with Gasteiger partial charge in [0.1, 0.15) is 11.5 Å². The molecule has 4 rings (SSSR count). The summed E-state index contributed by atoms with van der Waals surface area (Å²) in [5.41, 5.74) is 1.86. The Balaban J connectivity index is 1.37. The Hall–Kier alpha value is -2.71. The molecule has 1 aliphatic heterocycles. The van der Waals surface area contributed by atoms with Crippen LogP contribution in [-0.4, -0.2) is 57.0 Å². The minimum absolute atomic E-state index is 0.0815. The van der Waals surface area contributed by atoms with Crippen LogP contribution in [0.4, 0.5) is 11.4 Å². The van der Waals surface area contributed by atoms with E-state index in [0.717, 1.165) is 10.6 Å². The van der Waals surface area contributed by atoms with Crippen LogP contribution in [0, 0.1) is 0 Å². The molecule has 1 saturated heterocycles. The quantitative estimate of drug-likeness (QED) is 0.172. The first-order valence-corrected chi connectivity index (χ1v) is 15.8. The van der Waals surface area contributed by atoms with Gasteiger partial charge in [0.2, 0.25) is 10.0 Å². The second-order valence-electron chi connectivity index (χ2n) is 8.22. The summed E-state index contributed by atoms with van der Waals surface area (Å²) in [6.45, 7) is 5.30. The molecule has 0 radical (unpaired) electrons. The number of carbonyl (C=O) groups excluding carboxylic acids is 1. The second kappa shape index (κ2) is 12.2. The SMILES string of the molecule is C=C(OC(=NC)Sc1nc(C(=O)Nc2ccccc2N2CCC(NS(C)(=O)=O)CC2)cs1)c1cccs1. The third kappa shape index (κ3) is 7.65. The number of anilines is 2. The number of thioether (sulfide) groups is 1. The van der Waals surface area contributed by atoms with Crippen molar-refractivity contribution in [2.75, 3.05) is 36.6 Å². The molecule has 2 aromatic heterocycles. The number of thiophene rings is 1. The number of piperidine rings is 1.